The van der Waals surface area contributed by atoms with Crippen LogP contribution in [0, 0.1) is 0 Å². The first-order valence-electron chi connectivity index (χ1n) is 7.87. The van der Waals surface area contributed by atoms with Gasteiger partial charge in [-0.3, -0.25) is 4.79 Å². The molecule has 0 aromatic heterocycles. The lowest BCUT2D eigenvalue weighted by Crippen LogP contribution is -2.29. The fraction of sp³-hybridized carbons (Fsp3) is 0.316. The molecule has 0 fully saturated rings. The van der Waals surface area contributed by atoms with Crippen molar-refractivity contribution in [2.24, 2.45) is 0 Å². The monoisotopic (exact) mass is 345 g/mol. The van der Waals surface area contributed by atoms with Crippen LogP contribution in [0.5, 0.6) is 11.5 Å². The highest BCUT2D eigenvalue weighted by Crippen LogP contribution is 2.31. The molecule has 0 radical (unpaired) electrons. The number of benzene rings is 2. The summed E-state index contributed by atoms with van der Waals surface area (Å²) in [5, 5.41) is 3.09. The minimum Gasteiger partial charge on any atom is -0.493 e. The van der Waals surface area contributed by atoms with Gasteiger partial charge in [0.15, 0.2) is 11.5 Å². The summed E-state index contributed by atoms with van der Waals surface area (Å²) in [6.45, 7) is 2.07. The Labute approximate surface area is 147 Å². The number of nitrogens with one attached hydrogen (secondary N) is 1. The zero-order valence-electron chi connectivity index (χ0n) is 14.2. The van der Waals surface area contributed by atoms with E-state index >= 15 is 0 Å². The van der Waals surface area contributed by atoms with Crippen LogP contribution in [0.4, 0.5) is 0 Å². The van der Waals surface area contributed by atoms with E-state index < -0.39 is 0 Å². The summed E-state index contributed by atoms with van der Waals surface area (Å²) in [7, 11) is 3.21. The molecule has 0 spiro atoms. The molecule has 1 N–H and O–H groups in total. The number of ether oxygens (including phenoxy) is 2. The molecule has 24 heavy (non-hydrogen) atoms. The first kappa shape index (κ1) is 18.2. The van der Waals surface area contributed by atoms with E-state index in [-0.39, 0.29) is 11.9 Å². The van der Waals surface area contributed by atoms with Crippen LogP contribution in [0.25, 0.3) is 0 Å². The largest absolute Gasteiger partial charge is 0.493 e. The Morgan fingerprint density at radius 1 is 1.08 bits per heavy atom. The van der Waals surface area contributed by atoms with Crippen molar-refractivity contribution in [1.29, 1.82) is 0 Å². The van der Waals surface area contributed by atoms with Gasteiger partial charge in [0.05, 0.1) is 26.0 Å². The molecule has 1 amide bonds. The molecule has 128 valence electrons. The molecule has 0 bridgehead atoms. The van der Waals surface area contributed by atoms with Gasteiger partial charge in [-0.1, -0.05) is 37.3 Å². The van der Waals surface area contributed by atoms with Gasteiger partial charge in [-0.15, -0.1) is 11.8 Å². The Bertz CT molecular complexity index is 661. The van der Waals surface area contributed by atoms with Crippen molar-refractivity contribution in [2.75, 3.05) is 20.0 Å². The molecule has 2 rings (SSSR count). The van der Waals surface area contributed by atoms with E-state index in [4.69, 9.17) is 9.47 Å². The molecule has 2 aromatic rings. The van der Waals surface area contributed by atoms with Crippen LogP contribution in [0.2, 0.25) is 0 Å². The maximum absolute atomic E-state index is 12.2. The van der Waals surface area contributed by atoms with E-state index in [9.17, 15) is 4.79 Å². The molecule has 0 heterocycles. The van der Waals surface area contributed by atoms with Gasteiger partial charge in [0.1, 0.15) is 0 Å². The molecule has 0 saturated heterocycles. The summed E-state index contributed by atoms with van der Waals surface area (Å²) in [5.74, 6) is 1.73. The third kappa shape index (κ3) is 4.93. The second kappa shape index (κ2) is 9.23. The number of hydrogen-bond donors (Lipinski definition) is 1. The minimum absolute atomic E-state index is 0.0190. The van der Waals surface area contributed by atoms with Gasteiger partial charge in [-0.25, -0.2) is 0 Å². The third-order valence-electron chi connectivity index (χ3n) is 3.67. The van der Waals surface area contributed by atoms with Crippen LogP contribution in [-0.4, -0.2) is 25.9 Å². The molecule has 0 aliphatic rings. The molecule has 0 aliphatic heterocycles. The van der Waals surface area contributed by atoms with Gasteiger partial charge in [0.2, 0.25) is 5.91 Å². The number of thioether (sulfide) groups is 1. The van der Waals surface area contributed by atoms with E-state index in [1.54, 1.807) is 14.2 Å². The summed E-state index contributed by atoms with van der Waals surface area (Å²) in [4.78, 5) is 13.2. The molecule has 2 aromatic carbocycles. The first-order valence-corrected chi connectivity index (χ1v) is 8.85. The van der Waals surface area contributed by atoms with E-state index in [1.807, 2.05) is 48.5 Å². The van der Waals surface area contributed by atoms with E-state index in [0.29, 0.717) is 17.3 Å². The van der Waals surface area contributed by atoms with Crippen LogP contribution >= 0.6 is 11.8 Å². The molecule has 0 aliphatic carbocycles. The van der Waals surface area contributed by atoms with Gasteiger partial charge in [0, 0.05) is 4.90 Å². The number of hydrogen-bond acceptors (Lipinski definition) is 4. The van der Waals surface area contributed by atoms with Crippen molar-refractivity contribution in [3.8, 4) is 11.5 Å². The predicted octanol–water partition coefficient (Wildman–Crippen LogP) is 4.06. The molecule has 1 atom stereocenters. The van der Waals surface area contributed by atoms with Crippen LogP contribution < -0.4 is 14.8 Å². The van der Waals surface area contributed by atoms with Crippen LogP contribution in [0.3, 0.4) is 0 Å². The van der Waals surface area contributed by atoms with Gasteiger partial charge in [-0.05, 0) is 30.2 Å². The second-order valence-corrected chi connectivity index (χ2v) is 6.29. The Kier molecular flexibility index (Phi) is 7.00. The smallest absolute Gasteiger partial charge is 0.230 e. The lowest BCUT2D eigenvalue weighted by molar-refractivity contribution is -0.119. The van der Waals surface area contributed by atoms with Gasteiger partial charge in [-0.2, -0.15) is 0 Å². The van der Waals surface area contributed by atoms with Crippen molar-refractivity contribution >= 4 is 17.7 Å². The van der Waals surface area contributed by atoms with E-state index in [0.717, 1.165) is 16.9 Å². The fourth-order valence-corrected chi connectivity index (χ4v) is 3.13. The molecule has 0 unspecified atom stereocenters. The summed E-state index contributed by atoms with van der Waals surface area (Å²) < 4.78 is 10.5. The molecule has 5 heteroatoms. The van der Waals surface area contributed by atoms with Crippen LogP contribution in [0.15, 0.2) is 53.4 Å². The Balaban J connectivity index is 1.93. The van der Waals surface area contributed by atoms with Gasteiger partial charge in [0.25, 0.3) is 0 Å². The van der Waals surface area contributed by atoms with E-state index in [1.165, 1.54) is 11.8 Å². The highest BCUT2D eigenvalue weighted by Gasteiger charge is 2.13. The zero-order chi connectivity index (χ0) is 17.4. The van der Waals surface area contributed by atoms with Crippen LogP contribution in [-0.2, 0) is 4.79 Å². The molecular formula is C19H23NO3S. The van der Waals surface area contributed by atoms with Crippen molar-refractivity contribution in [1.82, 2.24) is 5.32 Å². The number of carbonyl (C=O) groups is 1. The average Bonchev–Trinajstić information content (AvgIpc) is 2.64. The Morgan fingerprint density at radius 3 is 2.42 bits per heavy atom. The summed E-state index contributed by atoms with van der Waals surface area (Å²) >= 11 is 1.48. The first-order chi connectivity index (χ1) is 11.7. The summed E-state index contributed by atoms with van der Waals surface area (Å²) in [6, 6.07) is 15.7. The van der Waals surface area contributed by atoms with E-state index in [2.05, 4.69) is 12.2 Å². The second-order valence-electron chi connectivity index (χ2n) is 5.24. The SMILES string of the molecule is CC[C@H](NC(=O)CSc1ccc(OC)c(OC)c1)c1ccccc1. The standard InChI is InChI=1S/C19H23NO3S/c1-4-16(14-8-6-5-7-9-14)20-19(21)13-24-15-10-11-17(22-2)18(12-15)23-3/h5-12,16H,4,13H2,1-3H3,(H,20,21)/t16-/m0/s1. The highest BCUT2D eigenvalue weighted by molar-refractivity contribution is 8.00. The topological polar surface area (TPSA) is 47.6 Å². The lowest BCUT2D eigenvalue weighted by Gasteiger charge is -2.17. The zero-order valence-corrected chi connectivity index (χ0v) is 15.1. The van der Waals surface area contributed by atoms with Crippen molar-refractivity contribution in [3.63, 3.8) is 0 Å². The Hall–Kier alpha value is -2.14. The number of methoxy groups -OCH3 is 2. The van der Waals surface area contributed by atoms with Gasteiger partial charge < -0.3 is 14.8 Å². The summed E-state index contributed by atoms with van der Waals surface area (Å²) in [5.41, 5.74) is 1.13. The Morgan fingerprint density at radius 2 is 1.79 bits per heavy atom. The maximum atomic E-state index is 12.2. The normalized spacial score (nSPS) is 11.6. The number of amides is 1. The fourth-order valence-electron chi connectivity index (χ4n) is 2.40. The average molecular weight is 345 g/mol. The number of carbonyl (C=O) groups excluding carboxylic acids is 1. The quantitative estimate of drug-likeness (QED) is 0.733. The van der Waals surface area contributed by atoms with Crippen molar-refractivity contribution < 1.29 is 14.3 Å². The third-order valence-corrected chi connectivity index (χ3v) is 4.66. The highest BCUT2D eigenvalue weighted by atomic mass is 32.2. The predicted molar refractivity (Wildman–Crippen MR) is 97.9 cm³/mol. The van der Waals surface area contributed by atoms with Crippen molar-refractivity contribution in [3.05, 3.63) is 54.1 Å². The van der Waals surface area contributed by atoms with Crippen LogP contribution in [0.1, 0.15) is 24.9 Å². The summed E-state index contributed by atoms with van der Waals surface area (Å²) in [6.07, 6.45) is 0.858. The minimum atomic E-state index is 0.0190. The molecular weight excluding hydrogens is 322 g/mol. The van der Waals surface area contributed by atoms with Crippen molar-refractivity contribution in [2.45, 2.75) is 24.3 Å². The molecule has 4 nitrogen and oxygen atoms in total. The lowest BCUT2D eigenvalue weighted by atomic mass is 10.0. The maximum Gasteiger partial charge on any atom is 0.230 e. The molecule has 0 saturated carbocycles. The number of rotatable bonds is 8. The van der Waals surface area contributed by atoms with Gasteiger partial charge >= 0.3 is 0 Å².